The molecule has 0 aliphatic heterocycles. The van der Waals surface area contributed by atoms with E-state index in [9.17, 15) is 0 Å². The first-order valence-electron chi connectivity index (χ1n) is 7.67. The maximum atomic E-state index is 5.94. The topological polar surface area (TPSA) is 35.2 Å². The van der Waals surface area contributed by atoms with Crippen LogP contribution in [0, 0.1) is 5.41 Å². The lowest BCUT2D eigenvalue weighted by Gasteiger charge is -2.30. The molecule has 0 amide bonds. The molecule has 0 unspecified atom stereocenters. The lowest BCUT2D eigenvalue weighted by atomic mass is 9.80. The molecule has 106 valence electrons. The highest BCUT2D eigenvalue weighted by atomic mass is 16.5. The second kappa shape index (κ2) is 6.42. The molecule has 19 heavy (non-hydrogen) atoms. The lowest BCUT2D eigenvalue weighted by Crippen LogP contribution is -2.31. The molecule has 2 heteroatoms. The molecule has 0 saturated heterocycles. The third-order valence-corrected chi connectivity index (χ3v) is 4.90. The number of ether oxygens (including phenoxy) is 1. The fourth-order valence-corrected chi connectivity index (χ4v) is 3.02. The molecule has 0 radical (unpaired) electrons. The Hall–Kier alpha value is -1.02. The molecule has 1 aromatic carbocycles. The highest BCUT2D eigenvalue weighted by molar-refractivity contribution is 5.38. The van der Waals surface area contributed by atoms with Gasteiger partial charge in [-0.2, -0.15) is 0 Å². The molecule has 0 atom stereocenters. The van der Waals surface area contributed by atoms with Crippen molar-refractivity contribution in [1.29, 1.82) is 0 Å². The summed E-state index contributed by atoms with van der Waals surface area (Å²) in [5.74, 6) is 1.03. The molecule has 0 aromatic heterocycles. The number of aryl methyl sites for hydroxylation is 2. The SMILES string of the molecule is CCC(CC)(CN)CCOc1ccc2c(c1)CCC2. The molecular weight excluding hydrogens is 234 g/mol. The molecule has 0 bridgehead atoms. The Morgan fingerprint density at radius 3 is 2.58 bits per heavy atom. The van der Waals surface area contributed by atoms with Crippen molar-refractivity contribution in [2.24, 2.45) is 11.1 Å². The first-order valence-corrected chi connectivity index (χ1v) is 7.67. The van der Waals surface area contributed by atoms with E-state index in [4.69, 9.17) is 10.5 Å². The van der Waals surface area contributed by atoms with Crippen molar-refractivity contribution in [1.82, 2.24) is 0 Å². The number of rotatable bonds is 7. The molecule has 2 N–H and O–H groups in total. The van der Waals surface area contributed by atoms with Crippen molar-refractivity contribution in [3.63, 3.8) is 0 Å². The van der Waals surface area contributed by atoms with Gasteiger partial charge < -0.3 is 10.5 Å². The Kier molecular flexibility index (Phi) is 4.87. The van der Waals surface area contributed by atoms with Gasteiger partial charge in [0, 0.05) is 0 Å². The van der Waals surface area contributed by atoms with Gasteiger partial charge in [0.2, 0.25) is 0 Å². The minimum Gasteiger partial charge on any atom is -0.494 e. The van der Waals surface area contributed by atoms with Crippen LogP contribution in [0.5, 0.6) is 5.75 Å². The normalized spacial score (nSPS) is 14.5. The summed E-state index contributed by atoms with van der Waals surface area (Å²) in [4.78, 5) is 0. The zero-order valence-corrected chi connectivity index (χ0v) is 12.4. The molecule has 1 aliphatic rings. The summed E-state index contributed by atoms with van der Waals surface area (Å²) < 4.78 is 5.94. The first-order chi connectivity index (χ1) is 9.23. The van der Waals surface area contributed by atoms with Gasteiger partial charge >= 0.3 is 0 Å². The van der Waals surface area contributed by atoms with E-state index in [1.807, 2.05) is 0 Å². The third-order valence-electron chi connectivity index (χ3n) is 4.90. The number of nitrogens with two attached hydrogens (primary N) is 1. The third kappa shape index (κ3) is 3.30. The van der Waals surface area contributed by atoms with Gasteiger partial charge in [-0.05, 0) is 73.7 Å². The van der Waals surface area contributed by atoms with E-state index in [1.165, 1.54) is 30.4 Å². The van der Waals surface area contributed by atoms with Crippen LogP contribution in [0.15, 0.2) is 18.2 Å². The van der Waals surface area contributed by atoms with Crippen molar-refractivity contribution in [2.75, 3.05) is 13.2 Å². The highest BCUT2D eigenvalue weighted by Gasteiger charge is 2.24. The van der Waals surface area contributed by atoms with Crippen molar-refractivity contribution in [3.8, 4) is 5.75 Å². The second-order valence-electron chi connectivity index (χ2n) is 5.79. The van der Waals surface area contributed by atoms with E-state index in [1.54, 1.807) is 0 Å². The zero-order valence-electron chi connectivity index (χ0n) is 12.4. The van der Waals surface area contributed by atoms with E-state index >= 15 is 0 Å². The molecule has 0 heterocycles. The molecular formula is C17H27NO. The minimum atomic E-state index is 0.261. The van der Waals surface area contributed by atoms with Gasteiger partial charge in [0.25, 0.3) is 0 Å². The minimum absolute atomic E-state index is 0.261. The number of hydrogen-bond acceptors (Lipinski definition) is 2. The van der Waals surface area contributed by atoms with Crippen molar-refractivity contribution in [3.05, 3.63) is 29.3 Å². The number of benzene rings is 1. The van der Waals surface area contributed by atoms with Crippen molar-refractivity contribution < 1.29 is 4.74 Å². The van der Waals surface area contributed by atoms with Crippen LogP contribution in [0.1, 0.15) is 50.7 Å². The van der Waals surface area contributed by atoms with E-state index in [0.717, 1.165) is 38.2 Å². The molecule has 1 aromatic rings. The average Bonchev–Trinajstić information content (AvgIpc) is 2.92. The maximum Gasteiger partial charge on any atom is 0.119 e. The quantitative estimate of drug-likeness (QED) is 0.812. The van der Waals surface area contributed by atoms with Gasteiger partial charge in [0.15, 0.2) is 0 Å². The van der Waals surface area contributed by atoms with Crippen LogP contribution in [-0.2, 0) is 12.8 Å². The Balaban J connectivity index is 1.89. The number of hydrogen-bond donors (Lipinski definition) is 1. The van der Waals surface area contributed by atoms with E-state index in [2.05, 4.69) is 32.0 Å². The molecule has 1 aliphatic carbocycles. The smallest absolute Gasteiger partial charge is 0.119 e. The van der Waals surface area contributed by atoms with Gasteiger partial charge in [0.1, 0.15) is 5.75 Å². The molecule has 2 nitrogen and oxygen atoms in total. The first kappa shape index (κ1) is 14.4. The van der Waals surface area contributed by atoms with Crippen LogP contribution in [0.3, 0.4) is 0 Å². The lowest BCUT2D eigenvalue weighted by molar-refractivity contribution is 0.187. The Morgan fingerprint density at radius 2 is 1.89 bits per heavy atom. The van der Waals surface area contributed by atoms with E-state index < -0.39 is 0 Å². The van der Waals surface area contributed by atoms with E-state index in [-0.39, 0.29) is 5.41 Å². The molecule has 0 fully saturated rings. The van der Waals surface area contributed by atoms with Crippen LogP contribution in [0.2, 0.25) is 0 Å². The van der Waals surface area contributed by atoms with Crippen molar-refractivity contribution >= 4 is 0 Å². The summed E-state index contributed by atoms with van der Waals surface area (Å²) >= 11 is 0. The summed E-state index contributed by atoms with van der Waals surface area (Å²) in [5.41, 5.74) is 9.17. The molecule has 0 spiro atoms. The van der Waals surface area contributed by atoms with Crippen LogP contribution >= 0.6 is 0 Å². The molecule has 2 rings (SSSR count). The van der Waals surface area contributed by atoms with Gasteiger partial charge in [0.05, 0.1) is 6.61 Å². The van der Waals surface area contributed by atoms with Gasteiger partial charge in [-0.3, -0.25) is 0 Å². The van der Waals surface area contributed by atoms with Gasteiger partial charge in [-0.25, -0.2) is 0 Å². The molecule has 0 saturated carbocycles. The average molecular weight is 261 g/mol. The van der Waals surface area contributed by atoms with Gasteiger partial charge in [-0.15, -0.1) is 0 Å². The predicted molar refractivity (Wildman–Crippen MR) is 80.6 cm³/mol. The van der Waals surface area contributed by atoms with Crippen LogP contribution in [-0.4, -0.2) is 13.2 Å². The Labute approximate surface area is 117 Å². The summed E-state index contributed by atoms with van der Waals surface area (Å²) in [7, 11) is 0. The van der Waals surface area contributed by atoms with Gasteiger partial charge in [-0.1, -0.05) is 19.9 Å². The largest absolute Gasteiger partial charge is 0.494 e. The highest BCUT2D eigenvalue weighted by Crippen LogP contribution is 2.30. The fraction of sp³-hybridized carbons (Fsp3) is 0.647. The summed E-state index contributed by atoms with van der Waals surface area (Å²) in [6.07, 6.45) is 7.05. The zero-order chi connectivity index (χ0) is 13.7. The van der Waals surface area contributed by atoms with Crippen LogP contribution in [0.25, 0.3) is 0 Å². The Bertz CT molecular complexity index is 401. The summed E-state index contributed by atoms with van der Waals surface area (Å²) in [6.45, 7) is 5.99. The predicted octanol–water partition coefficient (Wildman–Crippen LogP) is 3.71. The van der Waals surface area contributed by atoms with Crippen LogP contribution < -0.4 is 10.5 Å². The Morgan fingerprint density at radius 1 is 1.16 bits per heavy atom. The fourth-order valence-electron chi connectivity index (χ4n) is 3.02. The summed E-state index contributed by atoms with van der Waals surface area (Å²) in [5, 5.41) is 0. The second-order valence-corrected chi connectivity index (χ2v) is 5.79. The van der Waals surface area contributed by atoms with E-state index in [0.29, 0.717) is 0 Å². The number of fused-ring (bicyclic) bond motifs is 1. The monoisotopic (exact) mass is 261 g/mol. The summed E-state index contributed by atoms with van der Waals surface area (Å²) in [6, 6.07) is 6.57. The maximum absolute atomic E-state index is 5.94. The van der Waals surface area contributed by atoms with Crippen molar-refractivity contribution in [2.45, 2.75) is 52.4 Å². The standard InChI is InChI=1S/C17H27NO/c1-3-17(4-2,13-18)10-11-19-16-9-8-14-6-5-7-15(14)12-16/h8-9,12H,3-7,10-11,13,18H2,1-2H3. The van der Waals surface area contributed by atoms with Crippen LogP contribution in [0.4, 0.5) is 0 Å².